The number of likely N-dealkylation sites (N-methyl/N-ethyl adjacent to an activating group) is 1. The average molecular weight is 269 g/mol. The van der Waals surface area contributed by atoms with Gasteiger partial charge in [0.2, 0.25) is 0 Å². The highest BCUT2D eigenvalue weighted by molar-refractivity contribution is 5.59. The molecule has 0 bridgehead atoms. The zero-order valence-electron chi connectivity index (χ0n) is 12.7. The van der Waals surface area contributed by atoms with E-state index >= 15 is 0 Å². The Morgan fingerprint density at radius 2 is 1.80 bits per heavy atom. The van der Waals surface area contributed by atoms with E-state index in [1.54, 1.807) is 0 Å². The van der Waals surface area contributed by atoms with Crippen molar-refractivity contribution in [2.45, 2.75) is 26.7 Å². The van der Waals surface area contributed by atoms with Crippen LogP contribution in [0, 0.1) is 12.8 Å². The average Bonchev–Trinajstić information content (AvgIpc) is 2.44. The van der Waals surface area contributed by atoms with Crippen molar-refractivity contribution in [3.05, 3.63) is 47.9 Å². The molecule has 2 rings (SSSR count). The molecule has 1 atom stereocenters. The molecule has 0 aliphatic carbocycles. The molecule has 0 saturated carbocycles. The lowest BCUT2D eigenvalue weighted by molar-refractivity contribution is 0.457. The van der Waals surface area contributed by atoms with Gasteiger partial charge in [0.25, 0.3) is 0 Å². The largest absolute Gasteiger partial charge is 0.319 e. The molecule has 0 aliphatic heterocycles. The normalized spacial score (nSPS) is 12.7. The Kier molecular flexibility index (Phi) is 4.85. The number of rotatable bonds is 5. The smallest absolute Gasteiger partial charge is 0.133 e. The molecule has 0 aliphatic rings. The van der Waals surface area contributed by atoms with Crippen LogP contribution in [0.15, 0.2) is 36.4 Å². The number of nitrogens with zero attached hydrogens (tertiary/aromatic N) is 2. The lowest BCUT2D eigenvalue weighted by Crippen LogP contribution is -2.23. The molecule has 0 fully saturated rings. The molecule has 0 amide bonds. The van der Waals surface area contributed by atoms with Crippen molar-refractivity contribution in [3.63, 3.8) is 0 Å². The van der Waals surface area contributed by atoms with E-state index in [4.69, 9.17) is 4.98 Å². The fourth-order valence-electron chi connectivity index (χ4n) is 2.36. The summed E-state index contributed by atoms with van der Waals surface area (Å²) in [5.41, 5.74) is 3.18. The molecule has 0 saturated heterocycles. The van der Waals surface area contributed by atoms with Crippen LogP contribution in [0.2, 0.25) is 0 Å². The highest BCUT2D eigenvalue weighted by Gasteiger charge is 2.19. The minimum atomic E-state index is 0.336. The van der Waals surface area contributed by atoms with Gasteiger partial charge in [-0.25, -0.2) is 9.97 Å². The van der Waals surface area contributed by atoms with Gasteiger partial charge in [-0.05, 0) is 26.0 Å². The maximum absolute atomic E-state index is 4.79. The second kappa shape index (κ2) is 6.62. The number of nitrogens with one attached hydrogen (secondary N) is 1. The molecular weight excluding hydrogens is 246 g/mol. The van der Waals surface area contributed by atoms with Gasteiger partial charge in [-0.15, -0.1) is 0 Å². The number of aryl methyl sites for hydroxylation is 1. The van der Waals surface area contributed by atoms with E-state index in [0.717, 1.165) is 29.3 Å². The van der Waals surface area contributed by atoms with Crippen LogP contribution in [-0.2, 0) is 0 Å². The molecule has 106 valence electrons. The van der Waals surface area contributed by atoms with Crippen molar-refractivity contribution in [1.82, 2.24) is 15.3 Å². The number of hydrogen-bond donors (Lipinski definition) is 1. The van der Waals surface area contributed by atoms with Crippen LogP contribution in [0.4, 0.5) is 0 Å². The van der Waals surface area contributed by atoms with E-state index in [0.29, 0.717) is 11.8 Å². The standard InChI is InChI=1S/C17H23N3/c1-12(2)15(11-18-4)17-19-13(3)10-16(20-17)14-8-6-5-7-9-14/h5-10,12,15,18H,11H2,1-4H3. The summed E-state index contributed by atoms with van der Waals surface area (Å²) in [7, 11) is 1.98. The van der Waals surface area contributed by atoms with Gasteiger partial charge in [0.05, 0.1) is 5.69 Å². The fraction of sp³-hybridized carbons (Fsp3) is 0.412. The minimum Gasteiger partial charge on any atom is -0.319 e. The topological polar surface area (TPSA) is 37.8 Å². The molecule has 2 aromatic rings. The molecule has 3 nitrogen and oxygen atoms in total. The zero-order chi connectivity index (χ0) is 14.5. The van der Waals surface area contributed by atoms with Crippen LogP contribution in [0.5, 0.6) is 0 Å². The van der Waals surface area contributed by atoms with Gasteiger partial charge in [-0.3, -0.25) is 0 Å². The summed E-state index contributed by atoms with van der Waals surface area (Å²) < 4.78 is 0. The Morgan fingerprint density at radius 1 is 1.10 bits per heavy atom. The highest BCUT2D eigenvalue weighted by atomic mass is 14.9. The van der Waals surface area contributed by atoms with Gasteiger partial charge in [0, 0.05) is 23.7 Å². The number of benzene rings is 1. The van der Waals surface area contributed by atoms with Gasteiger partial charge in [0.15, 0.2) is 0 Å². The van der Waals surface area contributed by atoms with Gasteiger partial charge >= 0.3 is 0 Å². The number of aromatic nitrogens is 2. The van der Waals surface area contributed by atoms with Crippen LogP contribution in [-0.4, -0.2) is 23.6 Å². The fourth-order valence-corrected chi connectivity index (χ4v) is 2.36. The molecule has 1 aromatic carbocycles. The second-order valence-electron chi connectivity index (χ2n) is 5.53. The summed E-state index contributed by atoms with van der Waals surface area (Å²) in [6.07, 6.45) is 0. The quantitative estimate of drug-likeness (QED) is 0.904. The number of hydrogen-bond acceptors (Lipinski definition) is 3. The van der Waals surface area contributed by atoms with E-state index in [-0.39, 0.29) is 0 Å². The lowest BCUT2D eigenvalue weighted by Gasteiger charge is -2.20. The summed E-state index contributed by atoms with van der Waals surface area (Å²) in [4.78, 5) is 9.44. The molecule has 3 heteroatoms. The van der Waals surface area contributed by atoms with Crippen LogP contribution < -0.4 is 5.32 Å². The van der Waals surface area contributed by atoms with Gasteiger partial charge in [-0.2, -0.15) is 0 Å². The first kappa shape index (κ1) is 14.7. The Morgan fingerprint density at radius 3 is 2.40 bits per heavy atom. The summed E-state index contributed by atoms with van der Waals surface area (Å²) in [5, 5.41) is 3.25. The van der Waals surface area contributed by atoms with Crippen molar-refractivity contribution in [2.24, 2.45) is 5.92 Å². The van der Waals surface area contributed by atoms with E-state index in [1.807, 2.05) is 32.2 Å². The van der Waals surface area contributed by atoms with Crippen molar-refractivity contribution in [3.8, 4) is 11.3 Å². The molecule has 20 heavy (non-hydrogen) atoms. The first-order valence-corrected chi connectivity index (χ1v) is 7.17. The molecule has 0 radical (unpaired) electrons. The lowest BCUT2D eigenvalue weighted by atomic mass is 9.94. The van der Waals surface area contributed by atoms with E-state index in [1.165, 1.54) is 0 Å². The molecular formula is C17H23N3. The van der Waals surface area contributed by atoms with Gasteiger partial charge < -0.3 is 5.32 Å². The summed E-state index contributed by atoms with van der Waals surface area (Å²) >= 11 is 0. The van der Waals surface area contributed by atoms with Crippen molar-refractivity contribution in [1.29, 1.82) is 0 Å². The van der Waals surface area contributed by atoms with Gasteiger partial charge in [-0.1, -0.05) is 44.2 Å². The maximum Gasteiger partial charge on any atom is 0.133 e. The third-order valence-electron chi connectivity index (χ3n) is 3.50. The van der Waals surface area contributed by atoms with Crippen molar-refractivity contribution < 1.29 is 0 Å². The van der Waals surface area contributed by atoms with E-state index in [2.05, 4.69) is 42.3 Å². The Hall–Kier alpha value is -1.74. The molecule has 1 unspecified atom stereocenters. The predicted molar refractivity (Wildman–Crippen MR) is 83.7 cm³/mol. The monoisotopic (exact) mass is 269 g/mol. The molecule has 1 heterocycles. The first-order chi connectivity index (χ1) is 9.61. The third-order valence-corrected chi connectivity index (χ3v) is 3.50. The molecule has 1 aromatic heterocycles. The Bertz CT molecular complexity index is 549. The van der Waals surface area contributed by atoms with E-state index in [9.17, 15) is 0 Å². The van der Waals surface area contributed by atoms with Crippen molar-refractivity contribution >= 4 is 0 Å². The Labute approximate surface area is 121 Å². The summed E-state index contributed by atoms with van der Waals surface area (Å²) in [6, 6.07) is 12.3. The zero-order valence-corrected chi connectivity index (χ0v) is 12.7. The summed E-state index contributed by atoms with van der Waals surface area (Å²) in [6.45, 7) is 7.37. The third kappa shape index (κ3) is 3.42. The Balaban J connectivity index is 2.43. The van der Waals surface area contributed by atoms with Crippen LogP contribution in [0.25, 0.3) is 11.3 Å². The second-order valence-corrected chi connectivity index (χ2v) is 5.53. The first-order valence-electron chi connectivity index (χ1n) is 7.17. The molecule has 1 N–H and O–H groups in total. The van der Waals surface area contributed by atoms with E-state index < -0.39 is 0 Å². The predicted octanol–water partition coefficient (Wildman–Crippen LogP) is 3.41. The van der Waals surface area contributed by atoms with Gasteiger partial charge in [0.1, 0.15) is 5.82 Å². The summed E-state index contributed by atoms with van der Waals surface area (Å²) in [5.74, 6) is 1.78. The SMILES string of the molecule is CNCC(c1nc(C)cc(-c2ccccc2)n1)C(C)C. The highest BCUT2D eigenvalue weighted by Crippen LogP contribution is 2.24. The molecule has 0 spiro atoms. The van der Waals surface area contributed by atoms with Crippen LogP contribution >= 0.6 is 0 Å². The van der Waals surface area contributed by atoms with Crippen molar-refractivity contribution in [2.75, 3.05) is 13.6 Å². The van der Waals surface area contributed by atoms with Crippen LogP contribution in [0.1, 0.15) is 31.3 Å². The maximum atomic E-state index is 4.79. The minimum absolute atomic E-state index is 0.336. The van der Waals surface area contributed by atoms with Crippen LogP contribution in [0.3, 0.4) is 0 Å².